The molecule has 0 aromatic heterocycles. The predicted octanol–water partition coefficient (Wildman–Crippen LogP) is 3.29. The van der Waals surface area contributed by atoms with Gasteiger partial charge in [0.05, 0.1) is 0 Å². The molecule has 0 unspecified atom stereocenters. The second kappa shape index (κ2) is 9.09. The van der Waals surface area contributed by atoms with E-state index in [2.05, 4.69) is 41.0 Å². The third kappa shape index (κ3) is 4.56. The first-order valence-corrected chi connectivity index (χ1v) is 11.9. The van der Waals surface area contributed by atoms with Gasteiger partial charge in [0.1, 0.15) is 5.41 Å². The average molecular weight is 412 g/mol. The van der Waals surface area contributed by atoms with Gasteiger partial charge in [-0.2, -0.15) is 0 Å². The largest absolute Gasteiger partial charge is 0.369 e. The summed E-state index contributed by atoms with van der Waals surface area (Å²) in [6.07, 6.45) is 9.19. The Kier molecular flexibility index (Phi) is 6.47. The summed E-state index contributed by atoms with van der Waals surface area (Å²) in [7, 11) is 0. The molecule has 4 rings (SSSR count). The van der Waals surface area contributed by atoms with Crippen molar-refractivity contribution in [2.75, 3.05) is 26.2 Å². The zero-order valence-corrected chi connectivity index (χ0v) is 18.4. The Morgan fingerprint density at radius 1 is 1.10 bits per heavy atom. The summed E-state index contributed by atoms with van der Waals surface area (Å²) >= 11 is 0. The lowest BCUT2D eigenvalue weighted by atomic mass is 9.93. The topological polar surface area (TPSA) is 66.6 Å². The Balaban J connectivity index is 1.31. The first kappa shape index (κ1) is 21.4. The van der Waals surface area contributed by atoms with E-state index in [1.807, 2.05) is 0 Å². The van der Waals surface area contributed by atoms with Crippen molar-refractivity contribution in [1.29, 1.82) is 0 Å². The lowest BCUT2D eigenvalue weighted by Crippen LogP contribution is -2.50. The first-order valence-electron chi connectivity index (χ1n) is 11.9. The highest BCUT2D eigenvalue weighted by atomic mass is 16.2. The molecule has 3 aliphatic rings. The van der Waals surface area contributed by atoms with Gasteiger partial charge in [-0.1, -0.05) is 37.1 Å². The van der Waals surface area contributed by atoms with E-state index >= 15 is 0 Å². The highest BCUT2D eigenvalue weighted by molar-refractivity contribution is 6.07. The normalized spacial score (nSPS) is 22.2. The minimum Gasteiger partial charge on any atom is -0.369 e. The molecule has 2 saturated carbocycles. The zero-order chi connectivity index (χ0) is 21.1. The molecule has 2 amide bonds. The van der Waals surface area contributed by atoms with Crippen molar-refractivity contribution >= 4 is 11.8 Å². The minimum absolute atomic E-state index is 0.0314. The maximum atomic E-state index is 13.3. The number of nitrogens with two attached hydrogens (primary N) is 1. The molecule has 5 nitrogen and oxygen atoms in total. The van der Waals surface area contributed by atoms with Crippen LogP contribution in [0.25, 0.3) is 0 Å². The van der Waals surface area contributed by atoms with Gasteiger partial charge in [-0.05, 0) is 82.0 Å². The number of likely N-dealkylation sites (tertiary alicyclic amines) is 1. The van der Waals surface area contributed by atoms with Crippen LogP contribution in [0.4, 0.5) is 0 Å². The Hall–Kier alpha value is -1.88. The number of hydrogen-bond acceptors (Lipinski definition) is 3. The summed E-state index contributed by atoms with van der Waals surface area (Å²) in [6, 6.07) is 8.97. The van der Waals surface area contributed by atoms with Crippen molar-refractivity contribution in [3.05, 3.63) is 35.4 Å². The van der Waals surface area contributed by atoms with Crippen molar-refractivity contribution in [3.63, 3.8) is 0 Å². The Bertz CT molecular complexity index is 759. The summed E-state index contributed by atoms with van der Waals surface area (Å²) in [5.41, 5.74) is 7.56. The molecule has 2 N–H and O–H groups in total. The molecule has 1 aromatic rings. The lowest BCUT2D eigenvalue weighted by Gasteiger charge is -2.38. The van der Waals surface area contributed by atoms with Crippen molar-refractivity contribution < 1.29 is 9.59 Å². The number of aryl methyl sites for hydroxylation is 1. The van der Waals surface area contributed by atoms with Crippen LogP contribution in [0.3, 0.4) is 0 Å². The van der Waals surface area contributed by atoms with E-state index in [1.165, 1.54) is 24.0 Å². The Morgan fingerprint density at radius 3 is 2.37 bits per heavy atom. The van der Waals surface area contributed by atoms with Gasteiger partial charge >= 0.3 is 0 Å². The van der Waals surface area contributed by atoms with Crippen LogP contribution in [0.15, 0.2) is 24.3 Å². The molecule has 1 aromatic carbocycles. The molecule has 1 heterocycles. The Morgan fingerprint density at radius 2 is 1.77 bits per heavy atom. The monoisotopic (exact) mass is 411 g/mol. The van der Waals surface area contributed by atoms with E-state index in [-0.39, 0.29) is 5.91 Å². The minimum atomic E-state index is -0.878. The van der Waals surface area contributed by atoms with Crippen LogP contribution in [-0.4, -0.2) is 53.8 Å². The molecule has 0 spiro atoms. The highest BCUT2D eigenvalue weighted by Gasteiger charge is 2.57. The second-order valence-electron chi connectivity index (χ2n) is 9.80. The zero-order valence-electron chi connectivity index (χ0n) is 18.4. The van der Waals surface area contributed by atoms with Gasteiger partial charge in [-0.25, -0.2) is 0 Å². The maximum Gasteiger partial charge on any atom is 0.238 e. The van der Waals surface area contributed by atoms with E-state index in [0.29, 0.717) is 24.8 Å². The number of hydrogen-bond donors (Lipinski definition) is 1. The lowest BCUT2D eigenvalue weighted by molar-refractivity contribution is -0.145. The van der Waals surface area contributed by atoms with Crippen LogP contribution in [0.5, 0.6) is 0 Å². The molecule has 1 aliphatic heterocycles. The van der Waals surface area contributed by atoms with Crippen molar-refractivity contribution in [2.45, 2.75) is 70.8 Å². The van der Waals surface area contributed by atoms with Gasteiger partial charge in [-0.15, -0.1) is 0 Å². The third-order valence-corrected chi connectivity index (χ3v) is 7.78. The molecule has 1 saturated heterocycles. The van der Waals surface area contributed by atoms with Gasteiger partial charge in [0.25, 0.3) is 0 Å². The summed E-state index contributed by atoms with van der Waals surface area (Å²) < 4.78 is 0. The SMILES string of the molecule is Cc1ccccc1CCN1CCC(CN(C(=O)C2(C(N)=O)CC2)C2CCCC2)CC1. The second-order valence-corrected chi connectivity index (χ2v) is 9.80. The van der Waals surface area contributed by atoms with E-state index in [4.69, 9.17) is 5.73 Å². The maximum absolute atomic E-state index is 13.3. The standard InChI is InChI=1S/C25H37N3O2/c1-19-6-2-3-7-21(19)12-17-27-15-10-20(11-16-27)18-28(22-8-4-5-9-22)24(30)25(13-14-25)23(26)29/h2-3,6-7,20,22H,4-5,8-18H2,1H3,(H2,26,29). The van der Waals surface area contributed by atoms with Crippen molar-refractivity contribution in [1.82, 2.24) is 9.80 Å². The number of carbonyl (C=O) groups is 2. The molecular formula is C25H37N3O2. The molecule has 0 radical (unpaired) electrons. The summed E-state index contributed by atoms with van der Waals surface area (Å²) in [6.45, 7) is 6.31. The number of piperidine rings is 1. The number of primary amides is 1. The molecule has 2 aliphatic carbocycles. The van der Waals surface area contributed by atoms with Crippen LogP contribution in [0, 0.1) is 18.3 Å². The average Bonchev–Trinajstić information content (AvgIpc) is 3.40. The van der Waals surface area contributed by atoms with E-state index in [9.17, 15) is 9.59 Å². The molecule has 5 heteroatoms. The van der Waals surface area contributed by atoms with Crippen molar-refractivity contribution in [2.24, 2.45) is 17.1 Å². The van der Waals surface area contributed by atoms with Gasteiger partial charge in [0, 0.05) is 19.1 Å². The number of nitrogens with zero attached hydrogens (tertiary/aromatic N) is 2. The highest BCUT2D eigenvalue weighted by Crippen LogP contribution is 2.48. The van der Waals surface area contributed by atoms with Crippen molar-refractivity contribution in [3.8, 4) is 0 Å². The molecule has 164 valence electrons. The smallest absolute Gasteiger partial charge is 0.238 e. The number of carbonyl (C=O) groups excluding carboxylic acids is 2. The molecular weight excluding hydrogens is 374 g/mol. The fourth-order valence-electron chi connectivity index (χ4n) is 5.42. The molecule has 0 bridgehead atoms. The van der Waals surface area contributed by atoms with Crippen LogP contribution in [0.1, 0.15) is 62.5 Å². The van der Waals surface area contributed by atoms with Crippen LogP contribution in [0.2, 0.25) is 0 Å². The third-order valence-electron chi connectivity index (χ3n) is 7.78. The molecule has 3 fully saturated rings. The van der Waals surface area contributed by atoms with Crippen LogP contribution >= 0.6 is 0 Å². The number of rotatable bonds is 8. The van der Waals surface area contributed by atoms with E-state index < -0.39 is 11.3 Å². The van der Waals surface area contributed by atoms with Crippen LogP contribution < -0.4 is 5.73 Å². The predicted molar refractivity (Wildman–Crippen MR) is 119 cm³/mol. The quantitative estimate of drug-likeness (QED) is 0.668. The van der Waals surface area contributed by atoms with E-state index in [0.717, 1.165) is 58.3 Å². The molecule has 30 heavy (non-hydrogen) atoms. The summed E-state index contributed by atoms with van der Waals surface area (Å²) in [5.74, 6) is 0.151. The summed E-state index contributed by atoms with van der Waals surface area (Å²) in [5, 5.41) is 0. The first-order chi connectivity index (χ1) is 14.5. The van der Waals surface area contributed by atoms with Gasteiger partial charge in [0.2, 0.25) is 11.8 Å². The van der Waals surface area contributed by atoms with Gasteiger partial charge < -0.3 is 15.5 Å². The molecule has 0 atom stereocenters. The van der Waals surface area contributed by atoms with E-state index in [1.54, 1.807) is 0 Å². The fourth-order valence-corrected chi connectivity index (χ4v) is 5.42. The van der Waals surface area contributed by atoms with Crippen LogP contribution in [-0.2, 0) is 16.0 Å². The van der Waals surface area contributed by atoms with Gasteiger partial charge in [0.15, 0.2) is 0 Å². The Labute approximate surface area is 181 Å². The summed E-state index contributed by atoms with van der Waals surface area (Å²) in [4.78, 5) is 29.9. The fraction of sp³-hybridized carbons (Fsp3) is 0.680. The number of benzene rings is 1. The van der Waals surface area contributed by atoms with Gasteiger partial charge in [-0.3, -0.25) is 9.59 Å². The number of amides is 2.